The molecule has 0 bridgehead atoms. The zero-order valence-electron chi connectivity index (χ0n) is 8.55. The Hall–Kier alpha value is -1.33. The first-order chi connectivity index (χ1) is 7.74. The Labute approximate surface area is 101 Å². The summed E-state index contributed by atoms with van der Waals surface area (Å²) in [5.74, 6) is 0.975. The van der Waals surface area contributed by atoms with Gasteiger partial charge in [0.15, 0.2) is 5.76 Å². The van der Waals surface area contributed by atoms with Crippen molar-refractivity contribution in [3.8, 4) is 5.75 Å². The molecule has 0 spiro atoms. The van der Waals surface area contributed by atoms with Crippen LogP contribution in [0.1, 0.15) is 17.4 Å². The van der Waals surface area contributed by atoms with Crippen LogP contribution in [0.5, 0.6) is 5.75 Å². The maximum atomic E-state index is 10.1. The standard InChI is InChI=1S/C11H10BrNO3/c1-15-9-6-13-4-2-7(9)10(14)11-8(12)3-5-16-11/h2-6,10,14H,1H3. The largest absolute Gasteiger partial charge is 0.495 e. The summed E-state index contributed by atoms with van der Waals surface area (Å²) in [5, 5.41) is 10.1. The molecule has 4 nitrogen and oxygen atoms in total. The first-order valence-electron chi connectivity index (χ1n) is 4.63. The van der Waals surface area contributed by atoms with Crippen molar-refractivity contribution in [1.29, 1.82) is 0 Å². The van der Waals surface area contributed by atoms with Gasteiger partial charge in [0.1, 0.15) is 11.9 Å². The summed E-state index contributed by atoms with van der Waals surface area (Å²) >= 11 is 3.30. The molecule has 0 radical (unpaired) electrons. The lowest BCUT2D eigenvalue weighted by molar-refractivity contribution is 0.184. The smallest absolute Gasteiger partial charge is 0.151 e. The highest BCUT2D eigenvalue weighted by Gasteiger charge is 2.20. The number of hydrogen-bond donors (Lipinski definition) is 1. The van der Waals surface area contributed by atoms with Gasteiger partial charge in [-0.15, -0.1) is 0 Å². The third-order valence-corrected chi connectivity index (χ3v) is 2.88. The summed E-state index contributed by atoms with van der Waals surface area (Å²) in [6.45, 7) is 0. The molecule has 2 rings (SSSR count). The van der Waals surface area contributed by atoms with Gasteiger partial charge in [0.05, 0.1) is 24.0 Å². The first kappa shape index (κ1) is 11.2. The van der Waals surface area contributed by atoms with E-state index < -0.39 is 6.10 Å². The summed E-state index contributed by atoms with van der Waals surface area (Å²) in [7, 11) is 1.53. The van der Waals surface area contributed by atoms with Crippen LogP contribution in [0.15, 0.2) is 39.7 Å². The molecule has 5 heteroatoms. The van der Waals surface area contributed by atoms with Crippen LogP contribution >= 0.6 is 15.9 Å². The summed E-state index contributed by atoms with van der Waals surface area (Å²) in [5.41, 5.74) is 0.619. The van der Waals surface area contributed by atoms with Crippen molar-refractivity contribution in [3.63, 3.8) is 0 Å². The van der Waals surface area contributed by atoms with Crippen LogP contribution in [0.25, 0.3) is 0 Å². The van der Waals surface area contributed by atoms with E-state index in [4.69, 9.17) is 9.15 Å². The second kappa shape index (κ2) is 4.67. The summed E-state index contributed by atoms with van der Waals surface area (Å²) in [6.07, 6.45) is 3.78. The van der Waals surface area contributed by atoms with Gasteiger partial charge in [0, 0.05) is 11.8 Å². The van der Waals surface area contributed by atoms with Crippen LogP contribution in [0.3, 0.4) is 0 Å². The van der Waals surface area contributed by atoms with Gasteiger partial charge in [-0.25, -0.2) is 0 Å². The predicted molar refractivity (Wildman–Crippen MR) is 61.3 cm³/mol. The van der Waals surface area contributed by atoms with E-state index in [0.29, 0.717) is 17.1 Å². The molecular weight excluding hydrogens is 274 g/mol. The number of furan rings is 1. The maximum absolute atomic E-state index is 10.1. The Kier molecular flexibility index (Phi) is 3.26. The van der Waals surface area contributed by atoms with E-state index in [-0.39, 0.29) is 0 Å². The Balaban J connectivity index is 2.41. The third kappa shape index (κ3) is 1.96. The molecule has 0 fully saturated rings. The minimum Gasteiger partial charge on any atom is -0.495 e. The molecule has 1 atom stereocenters. The molecular formula is C11H10BrNO3. The number of aliphatic hydroxyl groups excluding tert-OH is 1. The fraction of sp³-hybridized carbons (Fsp3) is 0.182. The summed E-state index contributed by atoms with van der Waals surface area (Å²) < 4.78 is 11.1. The Morgan fingerprint density at radius 2 is 2.31 bits per heavy atom. The van der Waals surface area contributed by atoms with Crippen molar-refractivity contribution in [2.75, 3.05) is 7.11 Å². The lowest BCUT2D eigenvalue weighted by atomic mass is 10.1. The second-order valence-corrected chi connectivity index (χ2v) is 4.01. The number of pyridine rings is 1. The van der Waals surface area contributed by atoms with Crippen LogP contribution in [-0.4, -0.2) is 17.2 Å². The quantitative estimate of drug-likeness (QED) is 0.941. The molecule has 0 aromatic carbocycles. The Morgan fingerprint density at radius 1 is 1.50 bits per heavy atom. The van der Waals surface area contributed by atoms with Crippen molar-refractivity contribution >= 4 is 15.9 Å². The van der Waals surface area contributed by atoms with E-state index >= 15 is 0 Å². The van der Waals surface area contributed by atoms with E-state index in [9.17, 15) is 5.11 Å². The lowest BCUT2D eigenvalue weighted by Crippen LogP contribution is -2.02. The molecule has 84 valence electrons. The van der Waals surface area contributed by atoms with Crippen LogP contribution in [0, 0.1) is 0 Å². The number of rotatable bonds is 3. The highest BCUT2D eigenvalue weighted by Crippen LogP contribution is 2.33. The van der Waals surface area contributed by atoms with E-state index in [1.807, 2.05) is 0 Å². The molecule has 1 N–H and O–H groups in total. The van der Waals surface area contributed by atoms with Gasteiger partial charge < -0.3 is 14.3 Å². The molecule has 0 saturated carbocycles. The van der Waals surface area contributed by atoms with Gasteiger partial charge in [-0.1, -0.05) is 0 Å². The zero-order chi connectivity index (χ0) is 11.5. The van der Waals surface area contributed by atoms with E-state index in [0.717, 1.165) is 4.47 Å². The van der Waals surface area contributed by atoms with Gasteiger partial charge in [0.25, 0.3) is 0 Å². The minimum absolute atomic E-state index is 0.449. The highest BCUT2D eigenvalue weighted by molar-refractivity contribution is 9.10. The second-order valence-electron chi connectivity index (χ2n) is 3.15. The van der Waals surface area contributed by atoms with Crippen molar-refractivity contribution in [1.82, 2.24) is 4.98 Å². The molecule has 0 amide bonds. The first-order valence-corrected chi connectivity index (χ1v) is 5.42. The van der Waals surface area contributed by atoms with Crippen molar-refractivity contribution in [3.05, 3.63) is 46.6 Å². The van der Waals surface area contributed by atoms with Gasteiger partial charge in [-0.3, -0.25) is 4.98 Å². The van der Waals surface area contributed by atoms with Gasteiger partial charge in [-0.05, 0) is 28.1 Å². The van der Waals surface area contributed by atoms with Crippen LogP contribution in [0.2, 0.25) is 0 Å². The maximum Gasteiger partial charge on any atom is 0.151 e. The number of ether oxygens (including phenoxy) is 1. The van der Waals surface area contributed by atoms with Crippen molar-refractivity contribution in [2.24, 2.45) is 0 Å². The average molecular weight is 284 g/mol. The summed E-state index contributed by atoms with van der Waals surface area (Å²) in [4.78, 5) is 3.92. The molecule has 0 aliphatic rings. The number of hydrogen-bond acceptors (Lipinski definition) is 4. The molecule has 2 heterocycles. The number of nitrogens with zero attached hydrogens (tertiary/aromatic N) is 1. The molecule has 2 aromatic rings. The lowest BCUT2D eigenvalue weighted by Gasteiger charge is -2.12. The fourth-order valence-electron chi connectivity index (χ4n) is 1.43. The average Bonchev–Trinajstić information content (AvgIpc) is 2.74. The van der Waals surface area contributed by atoms with Crippen molar-refractivity contribution in [2.45, 2.75) is 6.10 Å². The van der Waals surface area contributed by atoms with E-state index in [1.54, 1.807) is 24.5 Å². The molecule has 1 unspecified atom stereocenters. The number of methoxy groups -OCH3 is 1. The molecule has 0 aliphatic carbocycles. The van der Waals surface area contributed by atoms with E-state index in [1.165, 1.54) is 13.4 Å². The van der Waals surface area contributed by atoms with Crippen LogP contribution < -0.4 is 4.74 Å². The van der Waals surface area contributed by atoms with Crippen LogP contribution in [-0.2, 0) is 0 Å². The van der Waals surface area contributed by atoms with Gasteiger partial charge in [0.2, 0.25) is 0 Å². The van der Waals surface area contributed by atoms with Gasteiger partial charge >= 0.3 is 0 Å². The monoisotopic (exact) mass is 283 g/mol. The number of aliphatic hydroxyl groups is 1. The summed E-state index contributed by atoms with van der Waals surface area (Å²) in [6, 6.07) is 3.42. The Morgan fingerprint density at radius 3 is 2.94 bits per heavy atom. The predicted octanol–water partition coefficient (Wildman–Crippen LogP) is 2.53. The third-order valence-electron chi connectivity index (χ3n) is 2.22. The number of halogens is 1. The van der Waals surface area contributed by atoms with Gasteiger partial charge in [-0.2, -0.15) is 0 Å². The SMILES string of the molecule is COc1cnccc1C(O)c1occc1Br. The zero-order valence-corrected chi connectivity index (χ0v) is 10.1. The molecule has 16 heavy (non-hydrogen) atoms. The van der Waals surface area contributed by atoms with Crippen molar-refractivity contribution < 1.29 is 14.3 Å². The fourth-order valence-corrected chi connectivity index (χ4v) is 1.85. The topological polar surface area (TPSA) is 55.5 Å². The van der Waals surface area contributed by atoms with E-state index in [2.05, 4.69) is 20.9 Å². The normalized spacial score (nSPS) is 12.4. The molecule has 2 aromatic heterocycles. The minimum atomic E-state index is -0.873. The molecule has 0 aliphatic heterocycles. The highest BCUT2D eigenvalue weighted by atomic mass is 79.9. The Bertz CT molecular complexity index is 484. The molecule has 0 saturated heterocycles. The number of aromatic nitrogens is 1. The van der Waals surface area contributed by atoms with Crippen LogP contribution in [0.4, 0.5) is 0 Å².